The second kappa shape index (κ2) is 8.11. The number of carboxylic acid groups (broad SMARTS) is 1. The van der Waals surface area contributed by atoms with Gasteiger partial charge in [0.25, 0.3) is 5.91 Å². The van der Waals surface area contributed by atoms with Gasteiger partial charge in [0.2, 0.25) is 5.91 Å². The Morgan fingerprint density at radius 2 is 1.74 bits per heavy atom. The van der Waals surface area contributed by atoms with Crippen LogP contribution in [0.2, 0.25) is 0 Å². The minimum atomic E-state index is -0.994. The summed E-state index contributed by atoms with van der Waals surface area (Å²) in [7, 11) is 0. The minimum Gasteiger partial charge on any atom is -0.481 e. The second-order valence-electron chi connectivity index (χ2n) is 8.07. The zero-order chi connectivity index (χ0) is 19.4. The zero-order valence-corrected chi connectivity index (χ0v) is 15.8. The summed E-state index contributed by atoms with van der Waals surface area (Å²) in [4.78, 5) is 37.1. The van der Waals surface area contributed by atoms with E-state index in [-0.39, 0.29) is 30.2 Å². The number of aliphatic carboxylic acids is 1. The molecule has 0 bridgehead atoms. The lowest BCUT2D eigenvalue weighted by atomic mass is 9.67. The van der Waals surface area contributed by atoms with Crippen molar-refractivity contribution in [3.63, 3.8) is 0 Å². The first kappa shape index (κ1) is 19.4. The zero-order valence-electron chi connectivity index (χ0n) is 15.8. The summed E-state index contributed by atoms with van der Waals surface area (Å²) in [6.07, 6.45) is 6.66. The number of hydrogen-bond donors (Lipinski definition) is 3. The molecular weight excluding hydrogens is 344 g/mol. The van der Waals surface area contributed by atoms with Gasteiger partial charge in [0, 0.05) is 6.04 Å². The summed E-state index contributed by atoms with van der Waals surface area (Å²) in [6.45, 7) is 1.75. The molecule has 0 aliphatic heterocycles. The molecule has 0 radical (unpaired) electrons. The Kier molecular flexibility index (Phi) is 5.82. The first-order valence-electron chi connectivity index (χ1n) is 9.83. The number of benzene rings is 1. The maximum Gasteiger partial charge on any atom is 0.304 e. The molecule has 0 heterocycles. The third-order valence-electron chi connectivity index (χ3n) is 5.88. The number of carboxylic acids is 1. The highest BCUT2D eigenvalue weighted by atomic mass is 16.4. The number of anilines is 1. The van der Waals surface area contributed by atoms with Crippen LogP contribution in [0.1, 0.15) is 68.6 Å². The van der Waals surface area contributed by atoms with E-state index in [0.29, 0.717) is 11.3 Å². The third kappa shape index (κ3) is 4.67. The van der Waals surface area contributed by atoms with E-state index in [4.69, 9.17) is 0 Å². The first-order valence-corrected chi connectivity index (χ1v) is 9.83. The largest absolute Gasteiger partial charge is 0.481 e. The first-order chi connectivity index (χ1) is 12.9. The molecule has 1 atom stereocenters. The molecule has 146 valence electrons. The van der Waals surface area contributed by atoms with Gasteiger partial charge in [-0.1, -0.05) is 31.4 Å². The van der Waals surface area contributed by atoms with Crippen LogP contribution in [-0.2, 0) is 9.59 Å². The number of hydrogen-bond acceptors (Lipinski definition) is 3. The van der Waals surface area contributed by atoms with Crippen molar-refractivity contribution in [1.82, 2.24) is 5.32 Å². The molecule has 6 nitrogen and oxygen atoms in total. The van der Waals surface area contributed by atoms with E-state index in [1.54, 1.807) is 31.2 Å². The van der Waals surface area contributed by atoms with E-state index in [1.165, 1.54) is 0 Å². The van der Waals surface area contributed by atoms with Crippen molar-refractivity contribution in [2.75, 3.05) is 5.32 Å². The Morgan fingerprint density at radius 1 is 1.07 bits per heavy atom. The molecule has 6 heteroatoms. The smallest absolute Gasteiger partial charge is 0.304 e. The summed E-state index contributed by atoms with van der Waals surface area (Å²) >= 11 is 0. The highest BCUT2D eigenvalue weighted by molar-refractivity contribution is 6.05. The highest BCUT2D eigenvalue weighted by Gasteiger charge is 2.43. The second-order valence-corrected chi connectivity index (χ2v) is 8.07. The van der Waals surface area contributed by atoms with Crippen molar-refractivity contribution in [3.05, 3.63) is 29.8 Å². The van der Waals surface area contributed by atoms with Crippen LogP contribution in [-0.4, -0.2) is 28.9 Å². The Balaban J connectivity index is 1.80. The average molecular weight is 372 g/mol. The van der Waals surface area contributed by atoms with Crippen LogP contribution in [0.15, 0.2) is 24.3 Å². The Morgan fingerprint density at radius 3 is 2.37 bits per heavy atom. The van der Waals surface area contributed by atoms with Crippen molar-refractivity contribution in [3.8, 4) is 0 Å². The quantitative estimate of drug-likeness (QED) is 0.682. The Labute approximate surface area is 159 Å². The van der Waals surface area contributed by atoms with Crippen LogP contribution in [0.4, 0.5) is 5.69 Å². The predicted octanol–water partition coefficient (Wildman–Crippen LogP) is 3.58. The number of carbonyl (C=O) groups excluding carboxylic acids is 2. The molecule has 27 heavy (non-hydrogen) atoms. The molecule has 3 N–H and O–H groups in total. The summed E-state index contributed by atoms with van der Waals surface area (Å²) in [5.74, 6) is -1.46. The van der Waals surface area contributed by atoms with E-state index < -0.39 is 11.4 Å². The Hall–Kier alpha value is -2.37. The highest BCUT2D eigenvalue weighted by Crippen LogP contribution is 2.42. The molecule has 2 aliphatic rings. The van der Waals surface area contributed by atoms with Gasteiger partial charge in [0.15, 0.2) is 0 Å². The lowest BCUT2D eigenvalue weighted by molar-refractivity contribution is -0.145. The van der Waals surface area contributed by atoms with Crippen molar-refractivity contribution < 1.29 is 19.5 Å². The molecular formula is C21H28N2O4. The maximum absolute atomic E-state index is 13.2. The number of nitrogens with one attached hydrogen (secondary N) is 2. The predicted molar refractivity (Wildman–Crippen MR) is 102 cm³/mol. The normalized spacial score (nSPS) is 19.7. The summed E-state index contributed by atoms with van der Waals surface area (Å²) in [5.41, 5.74) is -0.140. The van der Waals surface area contributed by atoms with Gasteiger partial charge in [0.1, 0.15) is 0 Å². The number of rotatable bonds is 7. The molecule has 2 amide bonds. The van der Waals surface area contributed by atoms with E-state index in [1.807, 2.05) is 0 Å². The van der Waals surface area contributed by atoms with Crippen LogP contribution >= 0.6 is 0 Å². The Bertz CT molecular complexity index is 723. The summed E-state index contributed by atoms with van der Waals surface area (Å²) < 4.78 is 0. The van der Waals surface area contributed by atoms with Gasteiger partial charge in [-0.2, -0.15) is 0 Å². The molecule has 2 fully saturated rings. The topological polar surface area (TPSA) is 95.5 Å². The van der Waals surface area contributed by atoms with Crippen LogP contribution < -0.4 is 10.6 Å². The lowest BCUT2D eigenvalue weighted by Crippen LogP contribution is -2.43. The third-order valence-corrected chi connectivity index (χ3v) is 5.88. The molecule has 0 spiro atoms. The van der Waals surface area contributed by atoms with E-state index in [0.717, 1.165) is 44.9 Å². The fourth-order valence-electron chi connectivity index (χ4n) is 4.01. The molecule has 0 aromatic heterocycles. The van der Waals surface area contributed by atoms with Crippen molar-refractivity contribution >= 4 is 23.5 Å². The van der Waals surface area contributed by atoms with Crippen LogP contribution in [0.5, 0.6) is 0 Å². The number of carbonyl (C=O) groups is 3. The maximum atomic E-state index is 13.2. The lowest BCUT2D eigenvalue weighted by Gasteiger charge is -2.37. The fraction of sp³-hybridized carbons (Fsp3) is 0.571. The number of amides is 2. The monoisotopic (exact) mass is 372 g/mol. The van der Waals surface area contributed by atoms with Crippen molar-refractivity contribution in [2.45, 2.75) is 64.3 Å². The molecule has 2 aliphatic carbocycles. The standard InChI is InChI=1S/C21H28N2O4/c1-21(13-18(24)25,14-7-3-2-4-8-14)20(27)23-17-10-6-5-9-16(17)19(26)22-15-11-12-15/h5-6,9-10,14-15H,2-4,7-8,11-13H2,1H3,(H,22,26)(H,23,27)(H,24,25). The SMILES string of the molecule is CC(CC(=O)O)(C(=O)Nc1ccccc1C(=O)NC1CC1)C1CCCCC1. The molecule has 1 aromatic rings. The van der Waals surface area contributed by atoms with Crippen LogP contribution in [0.25, 0.3) is 0 Å². The van der Waals surface area contributed by atoms with Gasteiger partial charge in [-0.15, -0.1) is 0 Å². The molecule has 3 rings (SSSR count). The van der Waals surface area contributed by atoms with Crippen LogP contribution in [0.3, 0.4) is 0 Å². The minimum absolute atomic E-state index is 0.0369. The van der Waals surface area contributed by atoms with Gasteiger partial charge < -0.3 is 15.7 Å². The van der Waals surface area contributed by atoms with Gasteiger partial charge >= 0.3 is 5.97 Å². The van der Waals surface area contributed by atoms with E-state index in [2.05, 4.69) is 10.6 Å². The van der Waals surface area contributed by atoms with Gasteiger partial charge in [-0.05, 0) is 50.7 Å². The van der Waals surface area contributed by atoms with Crippen LogP contribution in [0, 0.1) is 11.3 Å². The number of para-hydroxylation sites is 1. The average Bonchev–Trinajstić information content (AvgIpc) is 3.46. The van der Waals surface area contributed by atoms with Crippen molar-refractivity contribution in [1.29, 1.82) is 0 Å². The summed E-state index contributed by atoms with van der Waals surface area (Å²) in [6, 6.07) is 7.12. The molecule has 2 saturated carbocycles. The van der Waals surface area contributed by atoms with Gasteiger partial charge in [-0.25, -0.2) is 0 Å². The summed E-state index contributed by atoms with van der Waals surface area (Å²) in [5, 5.41) is 15.2. The molecule has 1 unspecified atom stereocenters. The molecule has 1 aromatic carbocycles. The fourth-order valence-corrected chi connectivity index (χ4v) is 4.01. The van der Waals surface area contributed by atoms with Gasteiger partial charge in [-0.3, -0.25) is 14.4 Å². The molecule has 0 saturated heterocycles. The van der Waals surface area contributed by atoms with E-state index >= 15 is 0 Å². The van der Waals surface area contributed by atoms with Gasteiger partial charge in [0.05, 0.1) is 23.1 Å². The van der Waals surface area contributed by atoms with Crippen molar-refractivity contribution in [2.24, 2.45) is 11.3 Å². The van der Waals surface area contributed by atoms with E-state index in [9.17, 15) is 19.5 Å².